The van der Waals surface area contributed by atoms with Gasteiger partial charge in [0.05, 0.1) is 24.9 Å². The van der Waals surface area contributed by atoms with E-state index >= 15 is 0 Å². The third-order valence-electron chi connectivity index (χ3n) is 8.32. The number of ether oxygens (including phenoxy) is 2. The van der Waals surface area contributed by atoms with Gasteiger partial charge in [-0.2, -0.15) is 0 Å². The number of aliphatic hydroxyl groups excluding tert-OH is 1. The van der Waals surface area contributed by atoms with Crippen molar-refractivity contribution in [2.45, 2.75) is 129 Å². The fourth-order valence-electron chi connectivity index (χ4n) is 5.09. The molecule has 1 saturated carbocycles. The molecule has 6 nitrogen and oxygen atoms in total. The molecule has 0 amide bonds. The summed E-state index contributed by atoms with van der Waals surface area (Å²) in [6.07, 6.45) is 12.5. The summed E-state index contributed by atoms with van der Waals surface area (Å²) < 4.78 is 18.7. The molecule has 202 valence electrons. The molecule has 2 unspecified atom stereocenters. The van der Waals surface area contributed by atoms with Crippen LogP contribution in [0.15, 0.2) is 24.5 Å². The van der Waals surface area contributed by atoms with Crippen molar-refractivity contribution in [3.8, 4) is 0 Å². The predicted octanol–water partition coefficient (Wildman–Crippen LogP) is 6.66. The van der Waals surface area contributed by atoms with Crippen molar-refractivity contribution in [2.24, 2.45) is 17.8 Å². The van der Waals surface area contributed by atoms with Gasteiger partial charge in [-0.05, 0) is 61.4 Å². The Morgan fingerprint density at radius 2 is 1.89 bits per heavy atom. The molecule has 2 aliphatic rings. The normalized spacial score (nSPS) is 28.6. The van der Waals surface area contributed by atoms with Crippen LogP contribution >= 0.6 is 0 Å². The van der Waals surface area contributed by atoms with Gasteiger partial charge < -0.3 is 24.1 Å². The first-order chi connectivity index (χ1) is 16.4. The average Bonchev–Trinajstić information content (AvgIpc) is 3.04. The summed E-state index contributed by atoms with van der Waals surface area (Å²) in [6, 6.07) is 0. The number of hydrogen-bond donors (Lipinski definition) is 2. The van der Waals surface area contributed by atoms with Crippen LogP contribution in [0.3, 0.4) is 0 Å². The smallest absolute Gasteiger partial charge is 0.303 e. The largest absolute Gasteiger partial charge is 0.481 e. The maximum absolute atomic E-state index is 11.6. The van der Waals surface area contributed by atoms with Crippen LogP contribution in [-0.4, -0.2) is 49.1 Å². The second kappa shape index (κ2) is 13.4. The molecule has 0 saturated heterocycles. The first kappa shape index (κ1) is 30.1. The molecule has 0 aromatic rings. The van der Waals surface area contributed by atoms with Crippen molar-refractivity contribution in [2.75, 3.05) is 0 Å². The lowest BCUT2D eigenvalue weighted by molar-refractivity contribution is -0.140. The van der Waals surface area contributed by atoms with Gasteiger partial charge >= 0.3 is 5.97 Å². The van der Waals surface area contributed by atoms with E-state index < -0.39 is 26.7 Å². The molecule has 35 heavy (non-hydrogen) atoms. The molecule has 0 aromatic carbocycles. The highest BCUT2D eigenvalue weighted by atomic mass is 28.4. The molecule has 1 fully saturated rings. The Morgan fingerprint density at radius 3 is 2.46 bits per heavy atom. The van der Waals surface area contributed by atoms with Gasteiger partial charge in [0, 0.05) is 18.4 Å². The third kappa shape index (κ3) is 9.03. The molecule has 0 radical (unpaired) electrons. The number of rotatable bonds is 14. The second-order valence-corrected chi connectivity index (χ2v) is 16.8. The predicted molar refractivity (Wildman–Crippen MR) is 142 cm³/mol. The van der Waals surface area contributed by atoms with Crippen LogP contribution in [0.5, 0.6) is 0 Å². The van der Waals surface area contributed by atoms with E-state index in [1.165, 1.54) is 19.3 Å². The molecule has 0 spiro atoms. The SMILES string of the molecule is CCCCCC(C)[C@H](CC[C@H]1C(CC(=O)O)[C@@H](O)C[C@H]1O[C@@H]1C=CC=CO1)O[Si](C)(C)C(C)(C)C. The van der Waals surface area contributed by atoms with Gasteiger partial charge in [0.1, 0.15) is 0 Å². The quantitative estimate of drug-likeness (QED) is 0.201. The second-order valence-electron chi connectivity index (χ2n) is 12.1. The summed E-state index contributed by atoms with van der Waals surface area (Å²) >= 11 is 0. The standard InChI is InChI=1S/C28H50O6Si/c1-8-9-10-13-20(2)24(34-35(6,7)28(3,4)5)16-15-21-22(18-26(30)31)23(29)19-25(21)33-27-14-11-12-17-32-27/h11-12,14,17,20-25,27,29H,8-10,13,15-16,18-19H2,1-7H3,(H,30,31)/t20?,21-,22?,23-,24-,25+,27+/m0/s1. The average molecular weight is 511 g/mol. The Morgan fingerprint density at radius 1 is 1.17 bits per heavy atom. The maximum atomic E-state index is 11.6. The van der Waals surface area contributed by atoms with E-state index in [2.05, 4.69) is 47.7 Å². The Hall–Kier alpha value is -1.15. The van der Waals surface area contributed by atoms with Crippen molar-refractivity contribution in [1.82, 2.24) is 0 Å². The number of carboxylic acid groups (broad SMARTS) is 1. The summed E-state index contributed by atoms with van der Waals surface area (Å²) in [6.45, 7) is 15.9. The van der Waals surface area contributed by atoms with Crippen LogP contribution < -0.4 is 0 Å². The molecular weight excluding hydrogens is 460 g/mol. The van der Waals surface area contributed by atoms with Crippen LogP contribution in [0.4, 0.5) is 0 Å². The van der Waals surface area contributed by atoms with Crippen molar-refractivity contribution < 1.29 is 28.9 Å². The lowest BCUT2D eigenvalue weighted by Crippen LogP contribution is -2.45. The van der Waals surface area contributed by atoms with Gasteiger partial charge in [-0.25, -0.2) is 0 Å². The molecule has 2 rings (SSSR count). The monoisotopic (exact) mass is 510 g/mol. The number of carboxylic acids is 1. The molecule has 1 aliphatic carbocycles. The van der Waals surface area contributed by atoms with Crippen LogP contribution in [-0.2, 0) is 18.7 Å². The summed E-state index contributed by atoms with van der Waals surface area (Å²) in [5, 5.41) is 20.4. The minimum atomic E-state index is -1.98. The first-order valence-electron chi connectivity index (χ1n) is 13.6. The van der Waals surface area contributed by atoms with Crippen molar-refractivity contribution in [1.29, 1.82) is 0 Å². The molecule has 1 aliphatic heterocycles. The van der Waals surface area contributed by atoms with Gasteiger partial charge in [0.25, 0.3) is 0 Å². The number of allylic oxidation sites excluding steroid dienone is 2. The van der Waals surface area contributed by atoms with E-state index in [9.17, 15) is 15.0 Å². The lowest BCUT2D eigenvalue weighted by atomic mass is 9.84. The topological polar surface area (TPSA) is 85.2 Å². The van der Waals surface area contributed by atoms with E-state index in [4.69, 9.17) is 13.9 Å². The summed E-state index contributed by atoms with van der Waals surface area (Å²) in [4.78, 5) is 11.6. The van der Waals surface area contributed by atoms with E-state index in [0.717, 1.165) is 19.3 Å². The highest BCUT2D eigenvalue weighted by Crippen LogP contribution is 2.43. The number of carbonyl (C=O) groups is 1. The minimum absolute atomic E-state index is 0.0488. The van der Waals surface area contributed by atoms with Crippen LogP contribution in [0.1, 0.15) is 86.0 Å². The van der Waals surface area contributed by atoms with Gasteiger partial charge in [-0.15, -0.1) is 0 Å². The fourth-order valence-corrected chi connectivity index (χ4v) is 6.55. The number of hydrogen-bond acceptors (Lipinski definition) is 5. The molecule has 2 N–H and O–H groups in total. The van der Waals surface area contributed by atoms with Gasteiger partial charge in [-0.3, -0.25) is 4.79 Å². The molecule has 7 atom stereocenters. The third-order valence-corrected chi connectivity index (χ3v) is 12.8. The van der Waals surface area contributed by atoms with E-state index in [1.807, 2.05) is 12.2 Å². The van der Waals surface area contributed by atoms with Crippen LogP contribution in [0.2, 0.25) is 18.1 Å². The first-order valence-corrected chi connectivity index (χ1v) is 16.5. The zero-order chi connectivity index (χ0) is 26.2. The lowest BCUT2D eigenvalue weighted by Gasteiger charge is -2.41. The van der Waals surface area contributed by atoms with E-state index in [0.29, 0.717) is 12.3 Å². The Kier molecular flexibility index (Phi) is 11.5. The molecular formula is C28H50O6Si. The van der Waals surface area contributed by atoms with Crippen LogP contribution in [0.25, 0.3) is 0 Å². The van der Waals surface area contributed by atoms with E-state index in [-0.39, 0.29) is 35.5 Å². The summed E-state index contributed by atoms with van der Waals surface area (Å²) in [7, 11) is -1.98. The number of unbranched alkanes of at least 4 members (excludes halogenated alkanes) is 2. The number of aliphatic hydroxyl groups is 1. The van der Waals surface area contributed by atoms with Crippen molar-refractivity contribution in [3.05, 3.63) is 24.5 Å². The molecule has 0 bridgehead atoms. The number of aliphatic carboxylic acids is 1. The zero-order valence-corrected chi connectivity index (χ0v) is 24.0. The van der Waals surface area contributed by atoms with E-state index in [1.54, 1.807) is 12.3 Å². The Balaban J connectivity index is 2.18. The molecule has 1 heterocycles. The van der Waals surface area contributed by atoms with Crippen LogP contribution in [0, 0.1) is 17.8 Å². The summed E-state index contributed by atoms with van der Waals surface area (Å²) in [5.41, 5.74) is 0. The summed E-state index contributed by atoms with van der Waals surface area (Å²) in [5.74, 6) is -0.839. The Bertz CT molecular complexity index is 713. The maximum Gasteiger partial charge on any atom is 0.303 e. The highest BCUT2D eigenvalue weighted by molar-refractivity contribution is 6.74. The Labute approximate surface area is 214 Å². The fraction of sp³-hybridized carbons (Fsp3) is 0.821. The highest BCUT2D eigenvalue weighted by Gasteiger charge is 2.46. The van der Waals surface area contributed by atoms with Gasteiger partial charge in [0.2, 0.25) is 6.29 Å². The minimum Gasteiger partial charge on any atom is -0.481 e. The molecule has 7 heteroatoms. The van der Waals surface area contributed by atoms with Crippen molar-refractivity contribution >= 4 is 14.3 Å². The molecule has 0 aromatic heterocycles. The van der Waals surface area contributed by atoms with Gasteiger partial charge in [-0.1, -0.05) is 60.0 Å². The van der Waals surface area contributed by atoms with Gasteiger partial charge in [0.15, 0.2) is 8.32 Å². The zero-order valence-electron chi connectivity index (χ0n) is 23.0. The van der Waals surface area contributed by atoms with Crippen molar-refractivity contribution in [3.63, 3.8) is 0 Å².